The summed E-state index contributed by atoms with van der Waals surface area (Å²) in [5.41, 5.74) is 4.38. The molecular formula is C17H20NO2. The third-order valence-electron chi connectivity index (χ3n) is 3.33. The number of aryl methyl sites for hydroxylation is 1. The fourth-order valence-corrected chi connectivity index (χ4v) is 2.24. The molecule has 0 bridgehead atoms. The largest absolute Gasteiger partial charge is 0.493 e. The molecule has 0 atom stereocenters. The van der Waals surface area contributed by atoms with Crippen molar-refractivity contribution in [3.63, 3.8) is 0 Å². The first-order valence-corrected chi connectivity index (χ1v) is 6.49. The van der Waals surface area contributed by atoms with Gasteiger partial charge in [-0.05, 0) is 48.4 Å². The summed E-state index contributed by atoms with van der Waals surface area (Å²) in [6.45, 7) is 2.09. The maximum atomic E-state index is 5.49. The zero-order valence-corrected chi connectivity index (χ0v) is 12.7. The first-order valence-electron chi connectivity index (χ1n) is 6.49. The molecule has 1 radical (unpaired) electrons. The minimum Gasteiger partial charge on any atom is -0.493 e. The van der Waals surface area contributed by atoms with Crippen LogP contribution in [0.4, 0.5) is 5.69 Å². The Bertz CT molecular complexity index is 606. The maximum absolute atomic E-state index is 5.49. The lowest BCUT2D eigenvalue weighted by molar-refractivity contribution is 0.356. The third-order valence-corrected chi connectivity index (χ3v) is 3.33. The van der Waals surface area contributed by atoms with Gasteiger partial charge in [0.15, 0.2) is 11.5 Å². The number of hydrogen-bond donors (Lipinski definition) is 0. The molecule has 2 aromatic rings. The van der Waals surface area contributed by atoms with Gasteiger partial charge in [0.2, 0.25) is 0 Å². The zero-order valence-electron chi connectivity index (χ0n) is 12.7. The Balaban J connectivity index is 2.57. The second-order valence-electron chi connectivity index (χ2n) is 4.85. The molecular weight excluding hydrogens is 250 g/mol. The molecule has 2 aromatic carbocycles. The molecule has 3 nitrogen and oxygen atoms in total. The number of benzene rings is 2. The van der Waals surface area contributed by atoms with Gasteiger partial charge >= 0.3 is 0 Å². The smallest absolute Gasteiger partial charge is 0.169 e. The Morgan fingerprint density at radius 2 is 1.80 bits per heavy atom. The highest BCUT2D eigenvalue weighted by Crippen LogP contribution is 2.39. The van der Waals surface area contributed by atoms with Crippen LogP contribution in [0.5, 0.6) is 11.5 Å². The number of hydrogen-bond acceptors (Lipinski definition) is 3. The van der Waals surface area contributed by atoms with Crippen LogP contribution in [0.15, 0.2) is 30.3 Å². The van der Waals surface area contributed by atoms with Crippen LogP contribution in [0.2, 0.25) is 0 Å². The molecule has 0 amide bonds. The second kappa shape index (κ2) is 5.87. The lowest BCUT2D eigenvalue weighted by atomic mass is 9.98. The molecule has 2 rings (SSSR count). The van der Waals surface area contributed by atoms with Gasteiger partial charge in [-0.2, -0.15) is 0 Å². The number of nitrogens with zero attached hydrogens (tertiary/aromatic N) is 1. The van der Waals surface area contributed by atoms with Gasteiger partial charge in [0.05, 0.1) is 14.2 Å². The van der Waals surface area contributed by atoms with E-state index in [1.54, 1.807) is 14.2 Å². The predicted octanol–water partition coefficient (Wildman–Crippen LogP) is 3.55. The second-order valence-corrected chi connectivity index (χ2v) is 4.85. The fourth-order valence-electron chi connectivity index (χ4n) is 2.24. The molecule has 0 aliphatic rings. The number of methoxy groups -OCH3 is 2. The topological polar surface area (TPSA) is 21.7 Å². The summed E-state index contributed by atoms with van der Waals surface area (Å²) in [6, 6.07) is 13.3. The van der Waals surface area contributed by atoms with Crippen molar-refractivity contribution in [1.82, 2.24) is 0 Å². The van der Waals surface area contributed by atoms with E-state index in [1.807, 2.05) is 26.2 Å². The van der Waals surface area contributed by atoms with E-state index in [4.69, 9.17) is 9.47 Å². The van der Waals surface area contributed by atoms with E-state index in [9.17, 15) is 0 Å². The van der Waals surface area contributed by atoms with Crippen molar-refractivity contribution >= 4 is 5.69 Å². The normalized spacial score (nSPS) is 10.2. The zero-order chi connectivity index (χ0) is 14.7. The molecule has 105 valence electrons. The summed E-state index contributed by atoms with van der Waals surface area (Å²) in [7, 11) is 7.36. The van der Waals surface area contributed by atoms with Crippen LogP contribution >= 0.6 is 0 Å². The number of anilines is 1. The molecule has 0 N–H and O–H groups in total. The van der Waals surface area contributed by atoms with Crippen molar-refractivity contribution < 1.29 is 9.47 Å². The Labute approximate surface area is 120 Å². The van der Waals surface area contributed by atoms with Gasteiger partial charge in [-0.25, -0.2) is 0 Å². The monoisotopic (exact) mass is 270 g/mol. The lowest BCUT2D eigenvalue weighted by Gasteiger charge is -2.17. The van der Waals surface area contributed by atoms with Crippen molar-refractivity contribution in [3.05, 3.63) is 42.0 Å². The predicted molar refractivity (Wildman–Crippen MR) is 82.9 cm³/mol. The van der Waals surface area contributed by atoms with Gasteiger partial charge in [-0.15, -0.1) is 0 Å². The molecule has 0 aliphatic carbocycles. The van der Waals surface area contributed by atoms with Crippen molar-refractivity contribution in [2.45, 2.75) is 6.92 Å². The van der Waals surface area contributed by atoms with E-state index in [1.165, 1.54) is 11.3 Å². The van der Waals surface area contributed by atoms with Crippen LogP contribution in [0.1, 0.15) is 5.56 Å². The highest BCUT2D eigenvalue weighted by Gasteiger charge is 2.13. The Hall–Kier alpha value is -2.16. The molecule has 0 unspecified atom stereocenters. The lowest BCUT2D eigenvalue weighted by Crippen LogP contribution is -2.08. The summed E-state index contributed by atoms with van der Waals surface area (Å²) < 4.78 is 10.8. The average Bonchev–Trinajstić information content (AvgIpc) is 2.46. The van der Waals surface area contributed by atoms with Crippen molar-refractivity contribution in [3.8, 4) is 22.6 Å². The molecule has 3 heteroatoms. The minimum atomic E-state index is 0.718. The van der Waals surface area contributed by atoms with E-state index in [0.29, 0.717) is 0 Å². The van der Waals surface area contributed by atoms with Crippen molar-refractivity contribution in [1.29, 1.82) is 0 Å². The van der Waals surface area contributed by atoms with E-state index in [-0.39, 0.29) is 0 Å². The van der Waals surface area contributed by atoms with Crippen LogP contribution < -0.4 is 14.4 Å². The van der Waals surface area contributed by atoms with Crippen molar-refractivity contribution in [2.75, 3.05) is 33.2 Å². The van der Waals surface area contributed by atoms with Crippen molar-refractivity contribution in [2.24, 2.45) is 0 Å². The van der Waals surface area contributed by atoms with Crippen LogP contribution in [0, 0.1) is 13.0 Å². The van der Waals surface area contributed by atoms with Gasteiger partial charge in [-0.1, -0.05) is 6.07 Å². The summed E-state index contributed by atoms with van der Waals surface area (Å²) in [5.74, 6) is 1.44. The third kappa shape index (κ3) is 2.57. The van der Waals surface area contributed by atoms with E-state index >= 15 is 0 Å². The Morgan fingerprint density at radius 1 is 1.05 bits per heavy atom. The average molecular weight is 270 g/mol. The van der Waals surface area contributed by atoms with E-state index in [2.05, 4.69) is 36.1 Å². The highest BCUT2D eigenvalue weighted by molar-refractivity contribution is 5.77. The van der Waals surface area contributed by atoms with Gasteiger partial charge in [0, 0.05) is 25.3 Å². The molecule has 20 heavy (non-hydrogen) atoms. The first kappa shape index (κ1) is 14.3. The maximum Gasteiger partial charge on any atom is 0.169 e. The highest BCUT2D eigenvalue weighted by atomic mass is 16.5. The quantitative estimate of drug-likeness (QED) is 0.848. The summed E-state index contributed by atoms with van der Waals surface area (Å²) in [5, 5.41) is 0. The molecule has 0 aliphatic heterocycles. The molecule has 0 aromatic heterocycles. The summed E-state index contributed by atoms with van der Waals surface area (Å²) in [6.07, 6.45) is 0. The van der Waals surface area contributed by atoms with Gasteiger partial charge in [0.1, 0.15) is 0 Å². The summed E-state index contributed by atoms with van der Waals surface area (Å²) in [4.78, 5) is 2.09. The number of ether oxygens (including phenoxy) is 2. The van der Waals surface area contributed by atoms with Crippen LogP contribution in [0.25, 0.3) is 11.1 Å². The van der Waals surface area contributed by atoms with E-state index < -0.39 is 0 Å². The van der Waals surface area contributed by atoms with Gasteiger partial charge in [-0.3, -0.25) is 0 Å². The van der Waals surface area contributed by atoms with E-state index in [0.717, 1.165) is 22.6 Å². The molecule has 0 saturated heterocycles. The number of rotatable bonds is 4. The molecule has 0 spiro atoms. The Kier molecular flexibility index (Phi) is 4.18. The van der Waals surface area contributed by atoms with Gasteiger partial charge in [0.25, 0.3) is 0 Å². The minimum absolute atomic E-state index is 0.718. The Morgan fingerprint density at radius 3 is 2.35 bits per heavy atom. The standard InChI is InChI=1S/C17H20NO2/c1-12-11-13(18(2)3)9-10-14(12)15-7-6-8-16(19-4)17(15)20-5/h6,8-11H,1-5H3. The molecule has 0 fully saturated rings. The van der Waals surface area contributed by atoms with Crippen LogP contribution in [0.3, 0.4) is 0 Å². The SMILES string of the molecule is COc1cc[c]c(-c2ccc(N(C)C)cc2C)c1OC. The van der Waals surface area contributed by atoms with Gasteiger partial charge < -0.3 is 14.4 Å². The molecule has 0 heterocycles. The van der Waals surface area contributed by atoms with Crippen LogP contribution in [-0.2, 0) is 0 Å². The fraction of sp³-hybridized carbons (Fsp3) is 0.294. The summed E-state index contributed by atoms with van der Waals surface area (Å²) >= 11 is 0. The van der Waals surface area contributed by atoms with Crippen LogP contribution in [-0.4, -0.2) is 28.3 Å². The molecule has 0 saturated carbocycles. The first-order chi connectivity index (χ1) is 9.58.